The van der Waals surface area contributed by atoms with Gasteiger partial charge in [-0.1, -0.05) is 19.9 Å². The maximum atomic E-state index is 12.3. The van der Waals surface area contributed by atoms with Crippen LogP contribution in [0.3, 0.4) is 0 Å². The van der Waals surface area contributed by atoms with Crippen LogP contribution in [0.15, 0.2) is 24.4 Å². The van der Waals surface area contributed by atoms with Crippen molar-refractivity contribution >= 4 is 10.0 Å². The lowest BCUT2D eigenvalue weighted by molar-refractivity contribution is 0.455. The van der Waals surface area contributed by atoms with Gasteiger partial charge in [0, 0.05) is 44.5 Å². The molecule has 0 aliphatic carbocycles. The van der Waals surface area contributed by atoms with Gasteiger partial charge in [-0.3, -0.25) is 4.98 Å². The zero-order valence-electron chi connectivity index (χ0n) is 12.7. The molecule has 1 atom stereocenters. The number of aromatic nitrogens is 1. The number of sulfonamides is 1. The SMILES string of the molecule is CC(C)NCC(C)S(=O)(=O)N(C)CCc1ccccn1. The smallest absolute Gasteiger partial charge is 0.217 e. The van der Waals surface area contributed by atoms with E-state index in [4.69, 9.17) is 0 Å². The lowest BCUT2D eigenvalue weighted by atomic mass is 10.3. The van der Waals surface area contributed by atoms with E-state index in [-0.39, 0.29) is 6.04 Å². The third-order valence-electron chi connectivity index (χ3n) is 3.17. The van der Waals surface area contributed by atoms with Gasteiger partial charge in [0.15, 0.2) is 0 Å². The molecule has 0 bridgehead atoms. The second kappa shape index (κ2) is 7.71. The molecule has 0 radical (unpaired) electrons. The van der Waals surface area contributed by atoms with Gasteiger partial charge in [0.05, 0.1) is 5.25 Å². The van der Waals surface area contributed by atoms with E-state index in [0.717, 1.165) is 5.69 Å². The maximum absolute atomic E-state index is 12.3. The molecule has 0 fully saturated rings. The molecule has 114 valence electrons. The predicted molar refractivity (Wildman–Crippen MR) is 82.1 cm³/mol. The molecule has 0 saturated heterocycles. The summed E-state index contributed by atoms with van der Waals surface area (Å²) in [5.41, 5.74) is 0.905. The summed E-state index contributed by atoms with van der Waals surface area (Å²) >= 11 is 0. The minimum atomic E-state index is -3.26. The van der Waals surface area contributed by atoms with Crippen molar-refractivity contribution < 1.29 is 8.42 Å². The van der Waals surface area contributed by atoms with E-state index in [1.54, 1.807) is 20.2 Å². The zero-order valence-corrected chi connectivity index (χ0v) is 13.5. The highest BCUT2D eigenvalue weighted by atomic mass is 32.2. The zero-order chi connectivity index (χ0) is 15.2. The largest absolute Gasteiger partial charge is 0.313 e. The lowest BCUT2D eigenvalue weighted by Crippen LogP contribution is -2.42. The predicted octanol–water partition coefficient (Wildman–Crippen LogP) is 1.27. The van der Waals surface area contributed by atoms with Crippen LogP contribution in [0.4, 0.5) is 0 Å². The second-order valence-corrected chi connectivity index (χ2v) is 7.77. The molecule has 0 aliphatic heterocycles. The Bertz CT molecular complexity index is 488. The Kier molecular flexibility index (Phi) is 6.58. The standard InChI is InChI=1S/C14H25N3O2S/c1-12(2)16-11-13(3)20(18,19)17(4)10-8-14-7-5-6-9-15-14/h5-7,9,12-13,16H,8,10-11H2,1-4H3. The molecule has 5 nitrogen and oxygen atoms in total. The third kappa shape index (κ3) is 5.19. The van der Waals surface area contributed by atoms with Crippen LogP contribution in [-0.2, 0) is 16.4 Å². The fourth-order valence-corrected chi connectivity index (χ4v) is 3.03. The number of nitrogens with zero attached hydrogens (tertiary/aromatic N) is 2. The van der Waals surface area contributed by atoms with Crippen LogP contribution < -0.4 is 5.32 Å². The van der Waals surface area contributed by atoms with Gasteiger partial charge in [-0.25, -0.2) is 12.7 Å². The number of nitrogens with one attached hydrogen (secondary N) is 1. The molecule has 6 heteroatoms. The lowest BCUT2D eigenvalue weighted by Gasteiger charge is -2.22. The molecule has 20 heavy (non-hydrogen) atoms. The van der Waals surface area contributed by atoms with Gasteiger partial charge < -0.3 is 5.32 Å². The number of likely N-dealkylation sites (N-methyl/N-ethyl adjacent to an activating group) is 1. The average molecular weight is 299 g/mol. The van der Waals surface area contributed by atoms with E-state index in [0.29, 0.717) is 19.5 Å². The Morgan fingerprint density at radius 3 is 2.55 bits per heavy atom. The molecule has 0 spiro atoms. The molecular weight excluding hydrogens is 274 g/mol. The summed E-state index contributed by atoms with van der Waals surface area (Å²) in [5, 5.41) is 2.73. The number of hydrogen-bond acceptors (Lipinski definition) is 4. The van der Waals surface area contributed by atoms with Crippen molar-refractivity contribution in [3.05, 3.63) is 30.1 Å². The quantitative estimate of drug-likeness (QED) is 0.785. The molecule has 1 rings (SSSR count). The van der Waals surface area contributed by atoms with Crippen LogP contribution in [0, 0.1) is 0 Å². The fourth-order valence-electron chi connectivity index (χ4n) is 1.76. The van der Waals surface area contributed by atoms with E-state index in [2.05, 4.69) is 10.3 Å². The van der Waals surface area contributed by atoms with Crippen molar-refractivity contribution in [2.24, 2.45) is 0 Å². The van der Waals surface area contributed by atoms with Crippen LogP contribution in [0.1, 0.15) is 26.5 Å². The Hall–Kier alpha value is -0.980. The summed E-state index contributed by atoms with van der Waals surface area (Å²) in [6, 6.07) is 5.95. The topological polar surface area (TPSA) is 62.3 Å². The molecule has 1 aromatic heterocycles. The van der Waals surface area contributed by atoms with Crippen LogP contribution in [0.5, 0.6) is 0 Å². The Labute approximate surface area is 122 Å². The highest BCUT2D eigenvalue weighted by molar-refractivity contribution is 7.89. The summed E-state index contributed by atoms with van der Waals surface area (Å²) in [6.07, 6.45) is 2.35. The Morgan fingerprint density at radius 2 is 2.00 bits per heavy atom. The first-order chi connectivity index (χ1) is 9.34. The molecule has 0 aliphatic rings. The van der Waals surface area contributed by atoms with Crippen molar-refractivity contribution in [2.75, 3.05) is 20.1 Å². The van der Waals surface area contributed by atoms with E-state index >= 15 is 0 Å². The van der Waals surface area contributed by atoms with Gasteiger partial charge in [0.1, 0.15) is 0 Å². The first kappa shape index (κ1) is 17.1. The minimum Gasteiger partial charge on any atom is -0.313 e. The molecule has 0 aromatic carbocycles. The van der Waals surface area contributed by atoms with Gasteiger partial charge in [0.25, 0.3) is 0 Å². The summed E-state index contributed by atoms with van der Waals surface area (Å²) in [4.78, 5) is 4.20. The first-order valence-corrected chi connectivity index (χ1v) is 8.42. The van der Waals surface area contributed by atoms with Gasteiger partial charge in [-0.2, -0.15) is 0 Å². The Balaban J connectivity index is 2.54. The van der Waals surface area contributed by atoms with Crippen molar-refractivity contribution in [1.82, 2.24) is 14.6 Å². The van der Waals surface area contributed by atoms with E-state index in [1.165, 1.54) is 4.31 Å². The number of hydrogen-bond donors (Lipinski definition) is 1. The van der Waals surface area contributed by atoms with Crippen molar-refractivity contribution in [3.8, 4) is 0 Å². The van der Waals surface area contributed by atoms with E-state index < -0.39 is 15.3 Å². The third-order valence-corrected chi connectivity index (χ3v) is 5.40. The molecule has 0 amide bonds. The monoisotopic (exact) mass is 299 g/mol. The van der Waals surface area contributed by atoms with E-state index in [9.17, 15) is 8.42 Å². The molecule has 1 aromatic rings. The summed E-state index contributed by atoms with van der Waals surface area (Å²) < 4.78 is 26.1. The minimum absolute atomic E-state index is 0.284. The highest BCUT2D eigenvalue weighted by Crippen LogP contribution is 2.08. The maximum Gasteiger partial charge on any atom is 0.217 e. The Morgan fingerprint density at radius 1 is 1.30 bits per heavy atom. The van der Waals surface area contributed by atoms with Crippen LogP contribution >= 0.6 is 0 Å². The van der Waals surface area contributed by atoms with Crippen molar-refractivity contribution in [1.29, 1.82) is 0 Å². The first-order valence-electron chi connectivity index (χ1n) is 6.92. The fraction of sp³-hybridized carbons (Fsp3) is 0.643. The van der Waals surface area contributed by atoms with Crippen LogP contribution in [-0.4, -0.2) is 49.1 Å². The highest BCUT2D eigenvalue weighted by Gasteiger charge is 2.25. The summed E-state index contributed by atoms with van der Waals surface area (Å²) in [6.45, 7) is 6.66. The molecule has 1 unspecified atom stereocenters. The number of pyridine rings is 1. The summed E-state index contributed by atoms with van der Waals surface area (Å²) in [7, 11) is -1.63. The van der Waals surface area contributed by atoms with Gasteiger partial charge in [-0.05, 0) is 19.1 Å². The van der Waals surface area contributed by atoms with Gasteiger partial charge >= 0.3 is 0 Å². The second-order valence-electron chi connectivity index (χ2n) is 5.31. The van der Waals surface area contributed by atoms with Crippen LogP contribution in [0.2, 0.25) is 0 Å². The van der Waals surface area contributed by atoms with E-state index in [1.807, 2.05) is 32.0 Å². The van der Waals surface area contributed by atoms with Gasteiger partial charge in [0.2, 0.25) is 10.0 Å². The van der Waals surface area contributed by atoms with Crippen molar-refractivity contribution in [3.63, 3.8) is 0 Å². The molecule has 1 heterocycles. The summed E-state index contributed by atoms with van der Waals surface area (Å²) in [5.74, 6) is 0. The normalized spacial score (nSPS) is 13.9. The van der Waals surface area contributed by atoms with Crippen molar-refractivity contribution in [2.45, 2.75) is 38.5 Å². The number of rotatable bonds is 8. The van der Waals surface area contributed by atoms with Crippen LogP contribution in [0.25, 0.3) is 0 Å². The molecular formula is C14H25N3O2S. The van der Waals surface area contributed by atoms with Gasteiger partial charge in [-0.15, -0.1) is 0 Å². The molecule has 0 saturated carbocycles. The average Bonchev–Trinajstić information content (AvgIpc) is 2.42. The molecule has 1 N–H and O–H groups in total.